The molecule has 0 aliphatic heterocycles. The van der Waals surface area contributed by atoms with Crippen LogP contribution >= 0.6 is 0 Å². The molecule has 158 valence electrons. The smallest absolute Gasteiger partial charge is 0.240 e. The van der Waals surface area contributed by atoms with Gasteiger partial charge in [-0.05, 0) is 40.6 Å². The fourth-order valence-corrected chi connectivity index (χ4v) is 4.23. The van der Waals surface area contributed by atoms with E-state index in [-0.39, 0.29) is 23.8 Å². The Kier molecular flexibility index (Phi) is 6.74. The number of rotatable bonds is 8. The van der Waals surface area contributed by atoms with Crippen molar-refractivity contribution in [2.45, 2.75) is 17.9 Å². The van der Waals surface area contributed by atoms with Gasteiger partial charge in [0.2, 0.25) is 15.9 Å². The normalized spacial score (nSPS) is 11.4. The van der Waals surface area contributed by atoms with Crippen molar-refractivity contribution in [1.29, 1.82) is 0 Å². The number of amides is 1. The lowest BCUT2D eigenvalue weighted by molar-refractivity contribution is -0.130. The Morgan fingerprint density at radius 1 is 0.900 bits per heavy atom. The predicted molar refractivity (Wildman–Crippen MR) is 121 cm³/mol. The van der Waals surface area contributed by atoms with Gasteiger partial charge in [0.1, 0.15) is 0 Å². The minimum atomic E-state index is -3.67. The molecule has 0 atom stereocenters. The number of anilines is 1. The Balaban J connectivity index is 1.54. The average Bonchev–Trinajstić information content (AvgIpc) is 2.73. The number of carbonyl (C=O) groups excluding carboxylic acids is 1. The fourth-order valence-electron chi connectivity index (χ4n) is 3.16. The molecule has 3 rings (SSSR count). The zero-order valence-electron chi connectivity index (χ0n) is 17.5. The van der Waals surface area contributed by atoms with Crippen molar-refractivity contribution in [1.82, 2.24) is 9.62 Å². The largest absolute Gasteiger partial charge is 0.378 e. The second-order valence-corrected chi connectivity index (χ2v) is 9.23. The van der Waals surface area contributed by atoms with Gasteiger partial charge < -0.3 is 9.80 Å². The quantitative estimate of drug-likeness (QED) is 0.602. The molecule has 3 aromatic rings. The van der Waals surface area contributed by atoms with E-state index in [2.05, 4.69) is 4.72 Å². The molecular formula is C23H27N3O3S. The SMILES string of the molecule is CN(Cc1ccc(N(C)C)cc1)C(=O)CCNS(=O)(=O)c1ccc2ccccc2c1. The van der Waals surface area contributed by atoms with Crippen molar-refractivity contribution in [3.63, 3.8) is 0 Å². The summed E-state index contributed by atoms with van der Waals surface area (Å²) in [5.41, 5.74) is 2.11. The number of carbonyl (C=O) groups is 1. The molecule has 0 radical (unpaired) electrons. The summed E-state index contributed by atoms with van der Waals surface area (Å²) in [5.74, 6) is -0.118. The van der Waals surface area contributed by atoms with E-state index >= 15 is 0 Å². The van der Waals surface area contributed by atoms with Crippen LogP contribution in [0, 0.1) is 0 Å². The maximum Gasteiger partial charge on any atom is 0.240 e. The highest BCUT2D eigenvalue weighted by molar-refractivity contribution is 7.89. The van der Waals surface area contributed by atoms with Crippen LogP contribution in [0.1, 0.15) is 12.0 Å². The molecule has 1 N–H and O–H groups in total. The molecule has 0 heterocycles. The fraction of sp³-hybridized carbons (Fsp3) is 0.261. The number of fused-ring (bicyclic) bond motifs is 1. The summed E-state index contributed by atoms with van der Waals surface area (Å²) >= 11 is 0. The number of nitrogens with one attached hydrogen (secondary N) is 1. The van der Waals surface area contributed by atoms with Crippen molar-refractivity contribution < 1.29 is 13.2 Å². The summed E-state index contributed by atoms with van der Waals surface area (Å²) in [6, 6.07) is 20.6. The van der Waals surface area contributed by atoms with Gasteiger partial charge in [-0.25, -0.2) is 13.1 Å². The second-order valence-electron chi connectivity index (χ2n) is 7.47. The van der Waals surface area contributed by atoms with Crippen LogP contribution < -0.4 is 9.62 Å². The first-order valence-corrected chi connectivity index (χ1v) is 11.2. The molecule has 0 saturated heterocycles. The highest BCUT2D eigenvalue weighted by Crippen LogP contribution is 2.19. The Labute approximate surface area is 178 Å². The Morgan fingerprint density at radius 3 is 2.23 bits per heavy atom. The van der Waals surface area contributed by atoms with Crippen molar-refractivity contribution in [2.75, 3.05) is 32.6 Å². The summed E-state index contributed by atoms with van der Waals surface area (Å²) in [6.07, 6.45) is 0.0963. The average molecular weight is 426 g/mol. The lowest BCUT2D eigenvalue weighted by Gasteiger charge is -2.18. The van der Waals surface area contributed by atoms with Crippen LogP contribution in [0.3, 0.4) is 0 Å². The number of sulfonamides is 1. The van der Waals surface area contributed by atoms with E-state index in [0.717, 1.165) is 22.0 Å². The summed E-state index contributed by atoms with van der Waals surface area (Å²) in [6.45, 7) is 0.530. The molecule has 0 aromatic heterocycles. The third-order valence-corrected chi connectivity index (χ3v) is 6.42. The van der Waals surface area contributed by atoms with Crippen LogP contribution in [0.2, 0.25) is 0 Å². The second kappa shape index (κ2) is 9.28. The Bertz CT molecular complexity index is 1130. The van der Waals surface area contributed by atoms with Crippen LogP contribution in [0.25, 0.3) is 10.8 Å². The monoisotopic (exact) mass is 425 g/mol. The standard InChI is InChI=1S/C23H27N3O3S/c1-25(2)21-11-8-18(9-12-21)17-26(3)23(27)14-15-24-30(28,29)22-13-10-19-6-4-5-7-20(19)16-22/h4-13,16,24H,14-15,17H2,1-3H3. The number of hydrogen-bond acceptors (Lipinski definition) is 4. The topological polar surface area (TPSA) is 69.7 Å². The van der Waals surface area contributed by atoms with Crippen LogP contribution in [0.15, 0.2) is 71.6 Å². The Morgan fingerprint density at radius 2 is 1.57 bits per heavy atom. The van der Waals surface area contributed by atoms with Crippen molar-refractivity contribution in [3.8, 4) is 0 Å². The van der Waals surface area contributed by atoms with Gasteiger partial charge in [0.15, 0.2) is 0 Å². The summed E-state index contributed by atoms with van der Waals surface area (Å²) in [4.78, 5) is 16.2. The first kappa shape index (κ1) is 21.8. The van der Waals surface area contributed by atoms with Crippen LogP contribution in [-0.4, -0.2) is 46.9 Å². The molecule has 0 aliphatic carbocycles. The minimum Gasteiger partial charge on any atom is -0.378 e. The van der Waals surface area contributed by atoms with Gasteiger partial charge in [0.05, 0.1) is 4.90 Å². The predicted octanol–water partition coefficient (Wildman–Crippen LogP) is 3.23. The molecular weight excluding hydrogens is 398 g/mol. The maximum atomic E-state index is 12.6. The molecule has 0 fully saturated rings. The van der Waals surface area contributed by atoms with Gasteiger partial charge in [0.25, 0.3) is 0 Å². The summed E-state index contributed by atoms with van der Waals surface area (Å²) < 4.78 is 27.7. The van der Waals surface area contributed by atoms with Gasteiger partial charge in [-0.1, -0.05) is 42.5 Å². The van der Waals surface area contributed by atoms with Gasteiger partial charge in [0, 0.05) is 46.3 Å². The van der Waals surface area contributed by atoms with Crippen LogP contribution in [0.5, 0.6) is 0 Å². The molecule has 0 spiro atoms. The van der Waals surface area contributed by atoms with E-state index in [1.165, 1.54) is 0 Å². The molecule has 0 aliphatic rings. The van der Waals surface area contributed by atoms with Gasteiger partial charge >= 0.3 is 0 Å². The van der Waals surface area contributed by atoms with Crippen LogP contribution in [0.4, 0.5) is 5.69 Å². The van der Waals surface area contributed by atoms with Gasteiger partial charge in [-0.15, -0.1) is 0 Å². The van der Waals surface area contributed by atoms with Crippen molar-refractivity contribution >= 4 is 32.4 Å². The number of nitrogens with zero attached hydrogens (tertiary/aromatic N) is 2. The third-order valence-electron chi connectivity index (χ3n) is 4.96. The van der Waals surface area contributed by atoms with Crippen molar-refractivity contribution in [3.05, 3.63) is 72.3 Å². The molecule has 0 unspecified atom stereocenters. The molecule has 6 nitrogen and oxygen atoms in total. The first-order chi connectivity index (χ1) is 14.3. The van der Waals surface area contributed by atoms with Crippen molar-refractivity contribution in [2.24, 2.45) is 0 Å². The zero-order valence-corrected chi connectivity index (χ0v) is 18.3. The minimum absolute atomic E-state index is 0.0535. The van der Waals surface area contributed by atoms with E-state index in [4.69, 9.17) is 0 Å². The highest BCUT2D eigenvalue weighted by atomic mass is 32.2. The lowest BCUT2D eigenvalue weighted by atomic mass is 10.1. The molecule has 30 heavy (non-hydrogen) atoms. The molecule has 0 bridgehead atoms. The van der Waals surface area contributed by atoms with E-state index in [1.54, 1.807) is 30.1 Å². The molecule has 1 amide bonds. The van der Waals surface area contributed by atoms with Crippen LogP contribution in [-0.2, 0) is 21.4 Å². The van der Waals surface area contributed by atoms with E-state index in [0.29, 0.717) is 6.54 Å². The summed E-state index contributed by atoms with van der Waals surface area (Å²) in [5, 5.41) is 1.84. The highest BCUT2D eigenvalue weighted by Gasteiger charge is 2.16. The molecule has 7 heteroatoms. The maximum absolute atomic E-state index is 12.6. The van der Waals surface area contributed by atoms with E-state index < -0.39 is 10.0 Å². The lowest BCUT2D eigenvalue weighted by Crippen LogP contribution is -2.32. The van der Waals surface area contributed by atoms with Gasteiger partial charge in [-0.2, -0.15) is 0 Å². The first-order valence-electron chi connectivity index (χ1n) is 9.75. The number of hydrogen-bond donors (Lipinski definition) is 1. The van der Waals surface area contributed by atoms with Gasteiger partial charge in [-0.3, -0.25) is 4.79 Å². The van der Waals surface area contributed by atoms with E-state index in [1.807, 2.05) is 67.5 Å². The summed E-state index contributed by atoms with van der Waals surface area (Å²) in [7, 11) is 2.00. The third kappa shape index (κ3) is 5.37. The number of benzene rings is 3. The van der Waals surface area contributed by atoms with E-state index in [9.17, 15) is 13.2 Å². The molecule has 0 saturated carbocycles. The Hall–Kier alpha value is -2.90. The zero-order chi connectivity index (χ0) is 21.7. The molecule has 3 aromatic carbocycles.